The Morgan fingerprint density at radius 3 is 2.58 bits per heavy atom. The molecular formula is C19H27N3O7SSi. The van der Waals surface area contributed by atoms with Crippen molar-refractivity contribution in [2.45, 2.75) is 49.1 Å². The number of nitro benzene ring substituents is 1. The fourth-order valence-corrected chi connectivity index (χ4v) is 6.52. The van der Waals surface area contributed by atoms with Crippen LogP contribution in [0.2, 0.25) is 25.7 Å². The summed E-state index contributed by atoms with van der Waals surface area (Å²) < 4.78 is 32.9. The van der Waals surface area contributed by atoms with E-state index in [1.807, 2.05) is 0 Å². The zero-order valence-corrected chi connectivity index (χ0v) is 19.6. The van der Waals surface area contributed by atoms with Crippen molar-refractivity contribution < 1.29 is 27.7 Å². The molecule has 2 heterocycles. The molecule has 2 saturated heterocycles. The van der Waals surface area contributed by atoms with Gasteiger partial charge >= 0.3 is 6.09 Å². The summed E-state index contributed by atoms with van der Waals surface area (Å²) in [4.78, 5) is 36.0. The topological polar surface area (TPSA) is 127 Å². The summed E-state index contributed by atoms with van der Waals surface area (Å²) in [5.41, 5.74) is -0.505. The van der Waals surface area contributed by atoms with E-state index in [9.17, 15) is 28.1 Å². The zero-order chi connectivity index (χ0) is 23.0. The molecule has 10 nitrogen and oxygen atoms in total. The van der Waals surface area contributed by atoms with E-state index in [1.54, 1.807) is 0 Å². The Kier molecular flexibility index (Phi) is 6.53. The molecule has 2 aliphatic heterocycles. The number of nitro groups is 1. The number of ether oxygens (including phenoxy) is 1. The number of likely N-dealkylation sites (tertiary alicyclic amines) is 1. The van der Waals surface area contributed by atoms with Gasteiger partial charge in [0, 0.05) is 33.1 Å². The highest BCUT2D eigenvalue weighted by molar-refractivity contribution is 7.89. The highest BCUT2D eigenvalue weighted by Crippen LogP contribution is 2.38. The van der Waals surface area contributed by atoms with Crippen LogP contribution in [0.25, 0.3) is 0 Å². The van der Waals surface area contributed by atoms with Crippen LogP contribution in [-0.2, 0) is 19.6 Å². The third-order valence-electron chi connectivity index (χ3n) is 5.73. The van der Waals surface area contributed by atoms with Crippen molar-refractivity contribution in [2.24, 2.45) is 5.92 Å². The van der Waals surface area contributed by atoms with Crippen molar-refractivity contribution in [3.05, 3.63) is 34.4 Å². The molecule has 12 heteroatoms. The van der Waals surface area contributed by atoms with Gasteiger partial charge in [-0.1, -0.05) is 31.8 Å². The van der Waals surface area contributed by atoms with E-state index in [1.165, 1.54) is 23.1 Å². The fraction of sp³-hybridized carbons (Fsp3) is 0.579. The first-order valence-electron chi connectivity index (χ1n) is 10.1. The molecule has 0 spiro atoms. The molecular weight excluding hydrogens is 442 g/mol. The summed E-state index contributed by atoms with van der Waals surface area (Å²) in [5.74, 6) is -0.390. The van der Waals surface area contributed by atoms with E-state index in [-0.39, 0.29) is 19.7 Å². The number of carbonyl (C=O) groups excluding carboxylic acids is 2. The number of para-hydroxylation sites is 1. The molecule has 0 unspecified atom stereocenters. The Labute approximate surface area is 182 Å². The molecule has 1 amide bonds. The van der Waals surface area contributed by atoms with E-state index in [2.05, 4.69) is 19.6 Å². The summed E-state index contributed by atoms with van der Waals surface area (Å²) in [6.07, 6.45) is 0.522. The number of piperidine rings is 1. The lowest BCUT2D eigenvalue weighted by atomic mass is 9.97. The van der Waals surface area contributed by atoms with Crippen LogP contribution in [0.5, 0.6) is 0 Å². The van der Waals surface area contributed by atoms with Gasteiger partial charge in [0.15, 0.2) is 4.90 Å². The normalized spacial score (nSPS) is 24.1. The lowest BCUT2D eigenvalue weighted by molar-refractivity contribution is -0.387. The third kappa shape index (κ3) is 4.80. The fourth-order valence-electron chi connectivity index (χ4n) is 4.12. The van der Waals surface area contributed by atoms with E-state index >= 15 is 0 Å². The Morgan fingerprint density at radius 2 is 1.97 bits per heavy atom. The number of aldehydes is 1. The minimum Gasteiger partial charge on any atom is -0.450 e. The number of nitrogens with zero attached hydrogens (tertiary/aromatic N) is 3. The van der Waals surface area contributed by atoms with Gasteiger partial charge in [-0.3, -0.25) is 15.0 Å². The Hall–Kier alpha value is -2.31. The number of fused-ring (bicyclic) bond motifs is 2. The van der Waals surface area contributed by atoms with Crippen molar-refractivity contribution in [2.75, 3.05) is 19.7 Å². The van der Waals surface area contributed by atoms with Gasteiger partial charge in [-0.15, -0.1) is 0 Å². The summed E-state index contributed by atoms with van der Waals surface area (Å²) in [6.45, 7) is 6.69. The van der Waals surface area contributed by atoms with Crippen molar-refractivity contribution >= 4 is 36.2 Å². The average molecular weight is 470 g/mol. The molecule has 3 atom stereocenters. The summed E-state index contributed by atoms with van der Waals surface area (Å²) in [6, 6.07) is 4.64. The molecule has 31 heavy (non-hydrogen) atoms. The first kappa shape index (κ1) is 23.4. The smallest absolute Gasteiger partial charge is 0.410 e. The number of rotatable bonds is 7. The molecule has 1 aromatic rings. The van der Waals surface area contributed by atoms with Crippen molar-refractivity contribution in [1.82, 2.24) is 9.21 Å². The summed E-state index contributed by atoms with van der Waals surface area (Å²) in [7, 11) is -5.59. The van der Waals surface area contributed by atoms with Gasteiger partial charge in [0.2, 0.25) is 10.0 Å². The molecule has 0 saturated carbocycles. The van der Waals surface area contributed by atoms with E-state index < -0.39 is 57.7 Å². The lowest BCUT2D eigenvalue weighted by Crippen LogP contribution is -2.47. The number of hydrogen-bond donors (Lipinski definition) is 0. The maximum Gasteiger partial charge on any atom is 0.410 e. The van der Waals surface area contributed by atoms with Crippen molar-refractivity contribution in [3.8, 4) is 0 Å². The summed E-state index contributed by atoms with van der Waals surface area (Å²) >= 11 is 0. The second kappa shape index (κ2) is 8.67. The van der Waals surface area contributed by atoms with E-state index in [0.717, 1.165) is 16.4 Å². The first-order chi connectivity index (χ1) is 14.5. The molecule has 0 N–H and O–H groups in total. The predicted molar refractivity (Wildman–Crippen MR) is 115 cm³/mol. The van der Waals surface area contributed by atoms with Crippen LogP contribution < -0.4 is 0 Å². The van der Waals surface area contributed by atoms with Crippen molar-refractivity contribution in [1.29, 1.82) is 0 Å². The van der Waals surface area contributed by atoms with Gasteiger partial charge in [0.05, 0.1) is 23.6 Å². The Bertz CT molecular complexity index is 979. The zero-order valence-electron chi connectivity index (χ0n) is 17.8. The lowest BCUT2D eigenvalue weighted by Gasteiger charge is -2.31. The standard InChI is InChI=1S/C19H27N3O7SSi/c1-31(2,3)9-8-29-19(24)21-15-10-14(17(21)13-23)11-20(12-15)30(27,28)18-7-5-4-6-16(18)22(25)26/h4-7,13-15,17H,8-12H2,1-3H3/t14-,15+,17-/m0/s1. The summed E-state index contributed by atoms with van der Waals surface area (Å²) in [5, 5.41) is 11.3. The first-order valence-corrected chi connectivity index (χ1v) is 15.2. The van der Waals surface area contributed by atoms with Crippen LogP contribution in [0.1, 0.15) is 6.42 Å². The molecule has 0 aliphatic carbocycles. The molecule has 2 fully saturated rings. The van der Waals surface area contributed by atoms with Crippen LogP contribution >= 0.6 is 0 Å². The quantitative estimate of drug-likeness (QED) is 0.259. The van der Waals surface area contributed by atoms with Gasteiger partial charge in [0.1, 0.15) is 6.29 Å². The average Bonchev–Trinajstić information content (AvgIpc) is 2.95. The minimum absolute atomic E-state index is 0.00692. The van der Waals surface area contributed by atoms with Gasteiger partial charge in [-0.05, 0) is 18.5 Å². The Balaban J connectivity index is 1.82. The number of amides is 1. The number of hydrogen-bond acceptors (Lipinski definition) is 7. The molecule has 2 bridgehead atoms. The number of carbonyl (C=O) groups is 2. The maximum atomic E-state index is 13.2. The SMILES string of the molecule is C[Si](C)(C)CCOC(=O)N1[C@@H]2C[C@@H](CN(S(=O)(=O)c3ccccc3[N+](=O)[O-])C2)[C@@H]1C=O. The second-order valence-corrected chi connectivity index (χ2v) is 16.7. The molecule has 3 rings (SSSR count). The minimum atomic E-state index is -4.18. The van der Waals surface area contributed by atoms with Gasteiger partial charge in [-0.2, -0.15) is 4.31 Å². The van der Waals surface area contributed by atoms with Gasteiger partial charge < -0.3 is 9.53 Å². The van der Waals surface area contributed by atoms with E-state index in [4.69, 9.17) is 4.74 Å². The maximum absolute atomic E-state index is 13.2. The van der Waals surface area contributed by atoms with Crippen molar-refractivity contribution in [3.63, 3.8) is 0 Å². The van der Waals surface area contributed by atoms with Crippen LogP contribution in [0.15, 0.2) is 29.2 Å². The highest BCUT2D eigenvalue weighted by Gasteiger charge is 2.51. The number of sulfonamides is 1. The monoisotopic (exact) mass is 469 g/mol. The molecule has 2 aliphatic rings. The molecule has 0 radical (unpaired) electrons. The number of benzene rings is 1. The molecule has 0 aromatic heterocycles. The van der Waals surface area contributed by atoms with Crippen LogP contribution in [0, 0.1) is 16.0 Å². The molecule has 170 valence electrons. The van der Waals surface area contributed by atoms with Gasteiger partial charge in [0.25, 0.3) is 5.69 Å². The second-order valence-electron chi connectivity index (χ2n) is 9.16. The Morgan fingerprint density at radius 1 is 1.29 bits per heavy atom. The van der Waals surface area contributed by atoms with E-state index in [0.29, 0.717) is 12.7 Å². The van der Waals surface area contributed by atoms with Crippen LogP contribution in [0.4, 0.5) is 10.5 Å². The van der Waals surface area contributed by atoms with Crippen LogP contribution in [-0.4, -0.2) is 74.8 Å². The van der Waals surface area contributed by atoms with Gasteiger partial charge in [-0.25, -0.2) is 13.2 Å². The largest absolute Gasteiger partial charge is 0.450 e. The predicted octanol–water partition coefficient (Wildman–Crippen LogP) is 2.33. The molecule has 1 aromatic carbocycles. The third-order valence-corrected chi connectivity index (χ3v) is 9.32. The highest BCUT2D eigenvalue weighted by atomic mass is 32.2. The van der Waals surface area contributed by atoms with Crippen LogP contribution in [0.3, 0.4) is 0 Å².